The van der Waals surface area contributed by atoms with E-state index in [0.29, 0.717) is 49.2 Å². The average Bonchev–Trinajstić information content (AvgIpc) is 2.81. The monoisotopic (exact) mass is 448 g/mol. The third-order valence-electron chi connectivity index (χ3n) is 6.00. The van der Waals surface area contributed by atoms with E-state index >= 15 is 0 Å². The highest BCUT2D eigenvalue weighted by molar-refractivity contribution is 5.98. The van der Waals surface area contributed by atoms with Crippen LogP contribution in [0.1, 0.15) is 50.8 Å². The van der Waals surface area contributed by atoms with Crippen molar-refractivity contribution in [1.29, 1.82) is 5.26 Å². The number of nitrogens with one attached hydrogen (secondary N) is 1. The van der Waals surface area contributed by atoms with E-state index in [1.807, 2.05) is 43.0 Å². The van der Waals surface area contributed by atoms with Crippen molar-refractivity contribution < 1.29 is 19.5 Å². The number of hydrogen-bond acceptors (Lipinski definition) is 5. The van der Waals surface area contributed by atoms with Crippen LogP contribution >= 0.6 is 0 Å². The minimum atomic E-state index is -1.08. The van der Waals surface area contributed by atoms with Gasteiger partial charge in [-0.15, -0.1) is 0 Å². The summed E-state index contributed by atoms with van der Waals surface area (Å²) >= 11 is 0. The molecule has 8 heteroatoms. The van der Waals surface area contributed by atoms with Crippen LogP contribution in [0.2, 0.25) is 0 Å². The third-order valence-corrected chi connectivity index (χ3v) is 6.00. The number of hydrogen-bond donors (Lipinski definition) is 2. The topological polar surface area (TPSA) is 114 Å². The molecule has 3 rings (SSSR count). The Balaban J connectivity index is 1.80. The second-order valence-electron chi connectivity index (χ2n) is 8.24. The number of nitrogens with zero attached hydrogens (tertiary/aromatic N) is 3. The molecular weight excluding hydrogens is 420 g/mol. The van der Waals surface area contributed by atoms with Crippen molar-refractivity contribution in [3.63, 3.8) is 0 Å². The van der Waals surface area contributed by atoms with E-state index in [1.165, 1.54) is 0 Å². The first-order valence-electron chi connectivity index (χ1n) is 11.0. The second-order valence-corrected chi connectivity index (χ2v) is 8.24. The van der Waals surface area contributed by atoms with E-state index in [1.54, 1.807) is 12.1 Å². The second kappa shape index (κ2) is 10.6. The molecule has 172 valence electrons. The van der Waals surface area contributed by atoms with Gasteiger partial charge < -0.3 is 20.2 Å². The summed E-state index contributed by atoms with van der Waals surface area (Å²) in [6, 6.07) is 13.1. The summed E-state index contributed by atoms with van der Waals surface area (Å²) in [6.07, 6.45) is 0.733. The van der Waals surface area contributed by atoms with Gasteiger partial charge in [0.05, 0.1) is 11.3 Å². The van der Waals surface area contributed by atoms with Gasteiger partial charge >= 0.3 is 6.09 Å². The molecule has 2 amide bonds. The molecule has 0 spiro atoms. The van der Waals surface area contributed by atoms with Crippen LogP contribution in [-0.2, 0) is 6.42 Å². The van der Waals surface area contributed by atoms with Gasteiger partial charge in [0.15, 0.2) is 0 Å². The predicted octanol–water partition coefficient (Wildman–Crippen LogP) is 3.23. The van der Waals surface area contributed by atoms with Crippen molar-refractivity contribution in [2.24, 2.45) is 0 Å². The number of piperazine rings is 1. The van der Waals surface area contributed by atoms with Crippen LogP contribution in [0.25, 0.3) is 0 Å². The highest BCUT2D eigenvalue weighted by Gasteiger charge is 2.30. The smallest absolute Gasteiger partial charge is 0.404 e. The Labute approximate surface area is 193 Å². The average molecular weight is 449 g/mol. The Kier molecular flexibility index (Phi) is 7.67. The summed E-state index contributed by atoms with van der Waals surface area (Å²) < 4.78 is 0. The zero-order valence-electron chi connectivity index (χ0n) is 18.9. The highest BCUT2D eigenvalue weighted by Crippen LogP contribution is 2.25. The molecule has 0 aromatic heterocycles. The predicted molar refractivity (Wildman–Crippen MR) is 125 cm³/mol. The Hall–Kier alpha value is -3.86. The maximum atomic E-state index is 13.5. The number of aldehydes is 1. The Bertz CT molecular complexity index is 1090. The van der Waals surface area contributed by atoms with Crippen LogP contribution in [-0.4, -0.2) is 60.5 Å². The number of nitriles is 1. The SMILES string of the molecule is Cc1cc(CCCNC(=O)O)c(C(=O)N2CCN(c3ccccc3C#N)C[C@@H]2C)cc1C=O. The molecule has 1 atom stereocenters. The maximum absolute atomic E-state index is 13.5. The van der Waals surface area contributed by atoms with E-state index in [-0.39, 0.29) is 18.5 Å². The first-order valence-corrected chi connectivity index (χ1v) is 11.0. The zero-order valence-corrected chi connectivity index (χ0v) is 18.9. The molecule has 1 fully saturated rings. The van der Waals surface area contributed by atoms with Crippen LogP contribution < -0.4 is 10.2 Å². The lowest BCUT2D eigenvalue weighted by molar-refractivity contribution is 0.0673. The largest absolute Gasteiger partial charge is 0.465 e. The highest BCUT2D eigenvalue weighted by atomic mass is 16.4. The molecule has 2 aromatic rings. The minimum Gasteiger partial charge on any atom is -0.465 e. The summed E-state index contributed by atoms with van der Waals surface area (Å²) in [7, 11) is 0. The van der Waals surface area contributed by atoms with Crippen molar-refractivity contribution >= 4 is 24.0 Å². The lowest BCUT2D eigenvalue weighted by Crippen LogP contribution is -2.54. The number of benzene rings is 2. The molecular formula is C25H28N4O4. The first kappa shape index (κ1) is 23.8. The molecule has 0 radical (unpaired) electrons. The normalized spacial score (nSPS) is 15.6. The van der Waals surface area contributed by atoms with Gasteiger partial charge in [-0.2, -0.15) is 5.26 Å². The first-order chi connectivity index (χ1) is 15.8. The lowest BCUT2D eigenvalue weighted by atomic mass is 9.95. The number of amides is 2. The molecule has 2 N–H and O–H groups in total. The molecule has 1 aliphatic rings. The number of carbonyl (C=O) groups excluding carboxylic acids is 2. The number of carboxylic acid groups (broad SMARTS) is 1. The molecule has 0 unspecified atom stereocenters. The van der Waals surface area contributed by atoms with Crippen molar-refractivity contribution in [2.45, 2.75) is 32.7 Å². The maximum Gasteiger partial charge on any atom is 0.404 e. The van der Waals surface area contributed by atoms with Crippen LogP contribution in [0.4, 0.5) is 10.5 Å². The molecule has 8 nitrogen and oxygen atoms in total. The summed E-state index contributed by atoms with van der Waals surface area (Å²) in [6.45, 7) is 5.76. The fourth-order valence-electron chi connectivity index (χ4n) is 4.27. The standard InChI is InChI=1S/C25H28N4O4/c1-17-12-19(7-5-9-27-25(32)33)22(13-21(17)16-30)24(31)29-11-10-28(15-18(29)2)23-8-4-3-6-20(23)14-26/h3-4,6,8,12-13,16,18,27H,5,7,9-11,15H2,1-2H3,(H,32,33)/t18-/m0/s1. The number of carbonyl (C=O) groups is 3. The van der Waals surface area contributed by atoms with Crippen LogP contribution in [0.5, 0.6) is 0 Å². The van der Waals surface area contributed by atoms with Crippen molar-refractivity contribution in [1.82, 2.24) is 10.2 Å². The minimum absolute atomic E-state index is 0.0967. The number of anilines is 1. The van der Waals surface area contributed by atoms with Gasteiger partial charge in [-0.25, -0.2) is 4.79 Å². The van der Waals surface area contributed by atoms with Gasteiger partial charge in [-0.1, -0.05) is 18.2 Å². The van der Waals surface area contributed by atoms with Crippen LogP contribution in [0.15, 0.2) is 36.4 Å². The van der Waals surface area contributed by atoms with Crippen molar-refractivity contribution in [2.75, 3.05) is 31.1 Å². The van der Waals surface area contributed by atoms with Gasteiger partial charge in [0.2, 0.25) is 0 Å². The molecule has 33 heavy (non-hydrogen) atoms. The van der Waals surface area contributed by atoms with Crippen molar-refractivity contribution in [3.05, 3.63) is 64.2 Å². The summed E-state index contributed by atoms with van der Waals surface area (Å²) in [4.78, 5) is 39.7. The summed E-state index contributed by atoms with van der Waals surface area (Å²) in [5.41, 5.74) is 4.02. The lowest BCUT2D eigenvalue weighted by Gasteiger charge is -2.41. The fraction of sp³-hybridized carbons (Fsp3) is 0.360. The Morgan fingerprint density at radius 3 is 2.70 bits per heavy atom. The van der Waals surface area contributed by atoms with Crippen molar-refractivity contribution in [3.8, 4) is 6.07 Å². The third kappa shape index (κ3) is 5.50. The molecule has 0 bridgehead atoms. The number of para-hydroxylation sites is 1. The molecule has 0 saturated carbocycles. The molecule has 2 aromatic carbocycles. The number of rotatable bonds is 7. The van der Waals surface area contributed by atoms with E-state index < -0.39 is 6.09 Å². The van der Waals surface area contributed by atoms with Crippen LogP contribution in [0, 0.1) is 18.3 Å². The van der Waals surface area contributed by atoms with Gasteiger partial charge in [0.25, 0.3) is 5.91 Å². The van der Waals surface area contributed by atoms with Gasteiger partial charge in [0.1, 0.15) is 12.4 Å². The van der Waals surface area contributed by atoms with E-state index in [2.05, 4.69) is 16.3 Å². The fourth-order valence-corrected chi connectivity index (χ4v) is 4.27. The van der Waals surface area contributed by atoms with Gasteiger partial charge in [0, 0.05) is 43.3 Å². The quantitative estimate of drug-likeness (QED) is 0.497. The molecule has 1 saturated heterocycles. The van der Waals surface area contributed by atoms with E-state index in [0.717, 1.165) is 23.1 Å². The molecule has 1 heterocycles. The zero-order chi connectivity index (χ0) is 24.0. The molecule has 0 aliphatic carbocycles. The van der Waals surface area contributed by atoms with E-state index in [4.69, 9.17) is 5.11 Å². The van der Waals surface area contributed by atoms with E-state index in [9.17, 15) is 19.6 Å². The molecule has 1 aliphatic heterocycles. The van der Waals surface area contributed by atoms with Gasteiger partial charge in [-0.3, -0.25) is 9.59 Å². The number of aryl methyl sites for hydroxylation is 2. The Morgan fingerprint density at radius 1 is 1.27 bits per heavy atom. The Morgan fingerprint density at radius 2 is 2.03 bits per heavy atom. The van der Waals surface area contributed by atoms with Crippen LogP contribution in [0.3, 0.4) is 0 Å². The van der Waals surface area contributed by atoms with Gasteiger partial charge in [-0.05, 0) is 56.0 Å². The summed E-state index contributed by atoms with van der Waals surface area (Å²) in [5.74, 6) is -0.139. The summed E-state index contributed by atoms with van der Waals surface area (Å²) in [5, 5.41) is 20.5.